The third-order valence-electron chi connectivity index (χ3n) is 28.1. The van der Waals surface area contributed by atoms with Crippen LogP contribution < -0.4 is 0 Å². The minimum absolute atomic E-state index is 0.00863. The molecule has 0 aromatic heterocycles. The molecule has 0 N–H and O–H groups in total. The maximum Gasteiger partial charge on any atom is 0.313 e. The molecule has 29 unspecified atom stereocenters. The SMILES string of the molecule is CCC1CC(C(=O)OCOC2(CC)CC3CC2C2C4CCC(C4)C32)C(CC)O1.CCC1CC(C(=O)OCOC2(CC)CC3CC2C2CCCC32)C(CC)O1.CCC1CC(C(=O)OCOC2C3CC4CC(C3)C(=O)C2C4)C(CC)O1.CCC1CC(CCC(=O)OCOC)C(CC)O1. The molecule has 11 aliphatic carbocycles. The highest BCUT2D eigenvalue weighted by Gasteiger charge is 2.67. The first-order valence-corrected chi connectivity index (χ1v) is 39.7. The van der Waals surface area contributed by atoms with E-state index >= 15 is 0 Å². The van der Waals surface area contributed by atoms with E-state index in [1.54, 1.807) is 0 Å². The summed E-state index contributed by atoms with van der Waals surface area (Å²) < 4.78 is 68.8. The Hall–Kier alpha value is -2.77. The summed E-state index contributed by atoms with van der Waals surface area (Å²) >= 11 is 0. The van der Waals surface area contributed by atoms with Crippen LogP contribution in [0.25, 0.3) is 0 Å². The van der Waals surface area contributed by atoms with Crippen molar-refractivity contribution in [3.05, 3.63) is 0 Å². The van der Waals surface area contributed by atoms with Gasteiger partial charge in [-0.15, -0.1) is 0 Å². The summed E-state index contributed by atoms with van der Waals surface area (Å²) in [5.74, 6) is 10.1. The number of hydrogen-bond acceptors (Lipinski definition) is 17. The summed E-state index contributed by atoms with van der Waals surface area (Å²) in [6.45, 7) is 21.6. The number of carbonyl (C=O) groups excluding carboxylic acids is 5. The number of esters is 4. The first-order valence-electron chi connectivity index (χ1n) is 39.7. The number of ketones is 1. The van der Waals surface area contributed by atoms with Crippen molar-refractivity contribution in [3.8, 4) is 0 Å². The van der Waals surface area contributed by atoms with Crippen molar-refractivity contribution in [2.45, 2.75) is 328 Å². The van der Waals surface area contributed by atoms with E-state index in [9.17, 15) is 24.0 Å². The summed E-state index contributed by atoms with van der Waals surface area (Å²) in [5, 5.41) is 0. The standard InChI is InChI=1S/C24H38O4.C22H36O4.C20H30O5.C13H24O4/c1-4-17-11-18(20(5-2)28-17)23(25)26-13-27-24(6-3)12-16-10-19(24)22-15-8-7-14(9-15)21(16)22;1-4-15-11-18(20(5-2)26-15)21(23)24-13-25-22(6-3)12-14-10-19(22)17-9-7-8-16(14)17;1-3-14-9-15(17(4-2)25-14)20(22)24-10-23-19-13-6-11-5-12(8-13)18(21)16(19)7-11;1-4-11-8-10(12(5-2)17-11)6-7-13(14)16-9-15-3/h14-22H,4-13H2,1-3H3;14-20H,4-13H2,1-3H3;11-17,19H,3-10H2,1-2H3;10-12H,4-9H2,1-3H3. The average molecular weight is 1350 g/mol. The fourth-order valence-electron chi connectivity index (χ4n) is 23.6. The van der Waals surface area contributed by atoms with Gasteiger partial charge in [-0.2, -0.15) is 0 Å². The maximum absolute atomic E-state index is 12.7. The van der Waals surface area contributed by atoms with Gasteiger partial charge in [-0.3, -0.25) is 24.0 Å². The Balaban J connectivity index is 0.000000132. The van der Waals surface area contributed by atoms with Crippen LogP contribution in [0.5, 0.6) is 0 Å². The van der Waals surface area contributed by atoms with Gasteiger partial charge in [0.25, 0.3) is 0 Å². The van der Waals surface area contributed by atoms with Crippen LogP contribution in [-0.4, -0.2) is 130 Å². The highest BCUT2D eigenvalue weighted by Crippen LogP contribution is 2.71. The lowest BCUT2D eigenvalue weighted by atomic mass is 9.54. The van der Waals surface area contributed by atoms with Gasteiger partial charge in [0.1, 0.15) is 5.78 Å². The van der Waals surface area contributed by atoms with Gasteiger partial charge in [0.2, 0.25) is 0 Å². The van der Waals surface area contributed by atoms with Gasteiger partial charge in [0.05, 0.1) is 83.9 Å². The Labute approximate surface area is 576 Å². The molecule has 0 spiro atoms. The van der Waals surface area contributed by atoms with Gasteiger partial charge < -0.3 is 56.8 Å². The van der Waals surface area contributed by atoms with E-state index in [1.165, 1.54) is 77.7 Å². The van der Waals surface area contributed by atoms with Crippen molar-refractivity contribution in [1.82, 2.24) is 0 Å². The molecule has 15 fully saturated rings. The van der Waals surface area contributed by atoms with Gasteiger partial charge in [0, 0.05) is 25.4 Å². The summed E-state index contributed by atoms with van der Waals surface area (Å²) in [6.07, 6.45) is 33.4. The fourth-order valence-corrected chi connectivity index (χ4v) is 23.6. The van der Waals surface area contributed by atoms with E-state index in [4.69, 9.17) is 56.8 Å². The van der Waals surface area contributed by atoms with Crippen LogP contribution in [0.2, 0.25) is 0 Å². The van der Waals surface area contributed by atoms with E-state index in [2.05, 4.69) is 62.3 Å². The van der Waals surface area contributed by atoms with Crippen LogP contribution in [0.4, 0.5) is 0 Å². The Morgan fingerprint density at radius 2 is 0.969 bits per heavy atom. The molecule has 4 heterocycles. The van der Waals surface area contributed by atoms with Gasteiger partial charge in [-0.05, 0) is 257 Å². The van der Waals surface area contributed by atoms with Crippen molar-refractivity contribution in [1.29, 1.82) is 0 Å². The Bertz CT molecular complexity index is 2550. The highest BCUT2D eigenvalue weighted by molar-refractivity contribution is 5.86. The van der Waals surface area contributed by atoms with E-state index < -0.39 is 0 Å². The second-order valence-corrected chi connectivity index (χ2v) is 32.6. The van der Waals surface area contributed by atoms with Crippen molar-refractivity contribution >= 4 is 29.7 Å². The molecule has 10 bridgehead atoms. The molecule has 0 aromatic rings. The van der Waals surface area contributed by atoms with Crippen LogP contribution >= 0.6 is 0 Å². The van der Waals surface area contributed by atoms with Crippen LogP contribution in [0, 0.1) is 107 Å². The topological polar surface area (TPSA) is 196 Å². The Kier molecular flexibility index (Phi) is 26.0. The van der Waals surface area contributed by atoms with Crippen molar-refractivity contribution in [2.75, 3.05) is 34.3 Å². The molecule has 17 heteroatoms. The van der Waals surface area contributed by atoms with Crippen LogP contribution in [-0.2, 0) is 80.8 Å². The first-order chi connectivity index (χ1) is 46.5. The second-order valence-electron chi connectivity index (χ2n) is 32.6. The molecular formula is C79H128O17. The van der Waals surface area contributed by atoms with E-state index in [0.29, 0.717) is 54.0 Å². The zero-order chi connectivity index (χ0) is 68.0. The number of hydrogen-bond donors (Lipinski definition) is 0. The Morgan fingerprint density at radius 1 is 0.458 bits per heavy atom. The van der Waals surface area contributed by atoms with Crippen LogP contribution in [0.15, 0.2) is 0 Å². The van der Waals surface area contributed by atoms with Gasteiger partial charge in [-0.25, -0.2) is 0 Å². The molecule has 0 aromatic carbocycles. The number of methoxy groups -OCH3 is 1. The lowest BCUT2D eigenvalue weighted by Crippen LogP contribution is -2.55. The summed E-state index contributed by atoms with van der Waals surface area (Å²) in [4.78, 5) is 61.5. The molecule has 11 saturated carbocycles. The maximum atomic E-state index is 12.7. The second kappa shape index (κ2) is 33.6. The van der Waals surface area contributed by atoms with Gasteiger partial charge in [0.15, 0.2) is 27.2 Å². The molecule has 15 rings (SSSR count). The van der Waals surface area contributed by atoms with Crippen LogP contribution in [0.3, 0.4) is 0 Å². The third-order valence-corrected chi connectivity index (χ3v) is 28.1. The normalized spacial score (nSPS) is 44.3. The van der Waals surface area contributed by atoms with Crippen molar-refractivity contribution in [3.63, 3.8) is 0 Å². The number of fused-ring (bicyclic) bond motifs is 14. The van der Waals surface area contributed by atoms with E-state index in [1.807, 2.05) is 6.92 Å². The molecule has 0 amide bonds. The molecular weight excluding hydrogens is 1220 g/mol. The minimum atomic E-state index is -0.210. The van der Waals surface area contributed by atoms with Crippen LogP contribution in [0.1, 0.15) is 262 Å². The number of rotatable bonds is 27. The van der Waals surface area contributed by atoms with Gasteiger partial charge in [-0.1, -0.05) is 75.7 Å². The number of Topliss-reactive ketones (excluding diaryl/α,β-unsaturated/α-hetero) is 1. The molecule has 0 radical (unpaired) electrons. The smallest absolute Gasteiger partial charge is 0.313 e. The average Bonchev–Trinajstić information content (AvgIpc) is 1.54. The zero-order valence-electron chi connectivity index (χ0n) is 61.1. The lowest BCUT2D eigenvalue weighted by Gasteiger charge is -2.52. The summed E-state index contributed by atoms with van der Waals surface area (Å²) in [7, 11) is 1.51. The van der Waals surface area contributed by atoms with E-state index in [0.717, 1.165) is 163 Å². The van der Waals surface area contributed by atoms with E-state index in [-0.39, 0.29) is 135 Å². The molecule has 546 valence electrons. The fraction of sp³-hybridized carbons (Fsp3) is 0.937. The molecule has 17 nitrogen and oxygen atoms in total. The number of carbonyl (C=O) groups is 5. The summed E-state index contributed by atoms with van der Waals surface area (Å²) in [5.41, 5.74) is -0.0857. The van der Waals surface area contributed by atoms with Crippen molar-refractivity contribution in [2.24, 2.45) is 107 Å². The minimum Gasteiger partial charge on any atom is -0.438 e. The van der Waals surface area contributed by atoms with Gasteiger partial charge >= 0.3 is 23.9 Å². The third kappa shape index (κ3) is 15.7. The quantitative estimate of drug-likeness (QED) is 0.0325. The molecule has 4 aliphatic heterocycles. The number of ether oxygens (including phenoxy) is 12. The first kappa shape index (κ1) is 74.4. The molecule has 15 aliphatic rings. The highest BCUT2D eigenvalue weighted by atomic mass is 16.7. The largest absolute Gasteiger partial charge is 0.438 e. The monoisotopic (exact) mass is 1350 g/mol. The lowest BCUT2D eigenvalue weighted by molar-refractivity contribution is -0.195. The van der Waals surface area contributed by atoms with Crippen molar-refractivity contribution < 1.29 is 80.8 Å². The zero-order valence-corrected chi connectivity index (χ0v) is 61.1. The predicted octanol–water partition coefficient (Wildman–Crippen LogP) is 15.3. The molecule has 96 heavy (non-hydrogen) atoms. The summed E-state index contributed by atoms with van der Waals surface area (Å²) in [6, 6.07) is 0. The predicted molar refractivity (Wildman–Crippen MR) is 361 cm³/mol. The Morgan fingerprint density at radius 3 is 1.52 bits per heavy atom. The molecule has 29 atom stereocenters. The molecule has 4 saturated heterocycles.